The van der Waals surface area contributed by atoms with E-state index in [1.165, 1.54) is 5.56 Å². The van der Waals surface area contributed by atoms with Crippen molar-refractivity contribution in [2.45, 2.75) is 39.0 Å². The molecule has 0 fully saturated rings. The SMILES string of the molecule is COc1ccc2c(c1)CCCN2C(=O)Nc1ccc(C(C)(C)C)cc1. The average Bonchev–Trinajstić information content (AvgIpc) is 2.60. The van der Waals surface area contributed by atoms with Crippen molar-refractivity contribution in [2.75, 3.05) is 23.9 Å². The highest BCUT2D eigenvalue weighted by molar-refractivity contribution is 6.02. The van der Waals surface area contributed by atoms with E-state index in [1.807, 2.05) is 35.2 Å². The number of amides is 2. The first kappa shape index (κ1) is 17.3. The molecule has 4 nitrogen and oxygen atoms in total. The van der Waals surface area contributed by atoms with Crippen LogP contribution >= 0.6 is 0 Å². The minimum absolute atomic E-state index is 0.0883. The number of carbonyl (C=O) groups is 1. The number of urea groups is 1. The van der Waals surface area contributed by atoms with Crippen molar-refractivity contribution in [3.05, 3.63) is 53.6 Å². The Hall–Kier alpha value is -2.49. The lowest BCUT2D eigenvalue weighted by atomic mass is 9.87. The lowest BCUT2D eigenvalue weighted by molar-refractivity contribution is 0.256. The number of hydrogen-bond donors (Lipinski definition) is 1. The van der Waals surface area contributed by atoms with Gasteiger partial charge in [0.1, 0.15) is 5.75 Å². The van der Waals surface area contributed by atoms with Crippen LogP contribution in [0.3, 0.4) is 0 Å². The smallest absolute Gasteiger partial charge is 0.326 e. The maximum absolute atomic E-state index is 12.8. The Balaban J connectivity index is 1.76. The van der Waals surface area contributed by atoms with Crippen molar-refractivity contribution < 1.29 is 9.53 Å². The number of aryl methyl sites for hydroxylation is 1. The summed E-state index contributed by atoms with van der Waals surface area (Å²) in [5.41, 5.74) is 4.30. The van der Waals surface area contributed by atoms with Crippen LogP contribution in [0.1, 0.15) is 38.3 Å². The summed E-state index contributed by atoms with van der Waals surface area (Å²) in [4.78, 5) is 14.6. The highest BCUT2D eigenvalue weighted by atomic mass is 16.5. The second-order valence-electron chi connectivity index (χ2n) is 7.51. The molecule has 3 rings (SSSR count). The predicted octanol–water partition coefficient (Wildman–Crippen LogP) is 4.98. The van der Waals surface area contributed by atoms with Gasteiger partial charge >= 0.3 is 6.03 Å². The third kappa shape index (κ3) is 3.78. The number of benzene rings is 2. The maximum Gasteiger partial charge on any atom is 0.326 e. The fraction of sp³-hybridized carbons (Fsp3) is 0.381. The molecule has 1 N–H and O–H groups in total. The molecule has 2 aromatic carbocycles. The number of carbonyl (C=O) groups excluding carboxylic acids is 1. The first-order valence-corrected chi connectivity index (χ1v) is 8.74. The molecule has 0 atom stereocenters. The Morgan fingerprint density at radius 1 is 1.12 bits per heavy atom. The van der Waals surface area contributed by atoms with Crippen molar-refractivity contribution in [1.29, 1.82) is 0 Å². The zero-order chi connectivity index (χ0) is 18.0. The summed E-state index contributed by atoms with van der Waals surface area (Å²) in [6.07, 6.45) is 1.92. The maximum atomic E-state index is 12.8. The van der Waals surface area contributed by atoms with Gasteiger partial charge in [-0.2, -0.15) is 0 Å². The van der Waals surface area contributed by atoms with E-state index in [0.29, 0.717) is 0 Å². The highest BCUT2D eigenvalue weighted by Crippen LogP contribution is 2.31. The third-order valence-corrected chi connectivity index (χ3v) is 4.65. The first-order chi connectivity index (χ1) is 11.9. The molecular weight excluding hydrogens is 312 g/mol. The highest BCUT2D eigenvalue weighted by Gasteiger charge is 2.23. The lowest BCUT2D eigenvalue weighted by Gasteiger charge is -2.30. The molecule has 1 heterocycles. The van der Waals surface area contributed by atoms with Gasteiger partial charge in [-0.05, 0) is 59.7 Å². The van der Waals surface area contributed by atoms with E-state index in [2.05, 4.69) is 38.2 Å². The van der Waals surface area contributed by atoms with Gasteiger partial charge < -0.3 is 10.1 Å². The summed E-state index contributed by atoms with van der Waals surface area (Å²) >= 11 is 0. The van der Waals surface area contributed by atoms with Crippen LogP contribution < -0.4 is 15.0 Å². The van der Waals surface area contributed by atoms with E-state index in [1.54, 1.807) is 7.11 Å². The van der Waals surface area contributed by atoms with Gasteiger partial charge in [-0.15, -0.1) is 0 Å². The van der Waals surface area contributed by atoms with E-state index < -0.39 is 0 Å². The van der Waals surface area contributed by atoms with E-state index >= 15 is 0 Å². The Labute approximate surface area is 149 Å². The monoisotopic (exact) mass is 338 g/mol. The van der Waals surface area contributed by atoms with E-state index in [4.69, 9.17) is 4.74 Å². The summed E-state index contributed by atoms with van der Waals surface area (Å²) in [7, 11) is 1.66. The lowest BCUT2D eigenvalue weighted by Crippen LogP contribution is -2.38. The summed E-state index contributed by atoms with van der Waals surface area (Å²) in [6, 6.07) is 13.9. The van der Waals surface area contributed by atoms with Gasteiger partial charge in [0.05, 0.1) is 7.11 Å². The van der Waals surface area contributed by atoms with Crippen molar-refractivity contribution >= 4 is 17.4 Å². The second-order valence-corrected chi connectivity index (χ2v) is 7.51. The molecule has 2 aromatic rings. The number of anilines is 2. The minimum Gasteiger partial charge on any atom is -0.497 e. The van der Waals surface area contributed by atoms with Crippen LogP contribution in [-0.4, -0.2) is 19.7 Å². The van der Waals surface area contributed by atoms with Gasteiger partial charge in [-0.3, -0.25) is 4.90 Å². The fourth-order valence-corrected chi connectivity index (χ4v) is 3.16. The number of fused-ring (bicyclic) bond motifs is 1. The fourth-order valence-electron chi connectivity index (χ4n) is 3.16. The number of ether oxygens (including phenoxy) is 1. The van der Waals surface area contributed by atoms with E-state index in [-0.39, 0.29) is 11.4 Å². The van der Waals surface area contributed by atoms with Crippen LogP contribution in [0.4, 0.5) is 16.2 Å². The molecule has 0 aromatic heterocycles. The molecule has 132 valence electrons. The third-order valence-electron chi connectivity index (χ3n) is 4.65. The van der Waals surface area contributed by atoms with Crippen LogP contribution in [-0.2, 0) is 11.8 Å². The van der Waals surface area contributed by atoms with Gasteiger partial charge in [-0.25, -0.2) is 4.79 Å². The Morgan fingerprint density at radius 3 is 2.48 bits per heavy atom. The van der Waals surface area contributed by atoms with Crippen LogP contribution in [0, 0.1) is 0 Å². The van der Waals surface area contributed by atoms with Gasteiger partial charge in [0, 0.05) is 17.9 Å². The Kier molecular flexibility index (Phi) is 4.71. The van der Waals surface area contributed by atoms with Crippen LogP contribution in [0.2, 0.25) is 0 Å². The quantitative estimate of drug-likeness (QED) is 0.839. The largest absolute Gasteiger partial charge is 0.497 e. The average molecular weight is 338 g/mol. The van der Waals surface area contributed by atoms with Crippen LogP contribution in [0.25, 0.3) is 0 Å². The van der Waals surface area contributed by atoms with Crippen molar-refractivity contribution in [1.82, 2.24) is 0 Å². The zero-order valence-corrected chi connectivity index (χ0v) is 15.4. The summed E-state index contributed by atoms with van der Waals surface area (Å²) in [5.74, 6) is 0.832. The van der Waals surface area contributed by atoms with E-state index in [0.717, 1.165) is 42.1 Å². The number of nitrogens with one attached hydrogen (secondary N) is 1. The second kappa shape index (κ2) is 6.79. The van der Waals surface area contributed by atoms with Crippen molar-refractivity contribution in [2.24, 2.45) is 0 Å². The number of rotatable bonds is 2. The molecule has 0 bridgehead atoms. The van der Waals surface area contributed by atoms with Crippen molar-refractivity contribution in [3.8, 4) is 5.75 Å². The summed E-state index contributed by atoms with van der Waals surface area (Å²) < 4.78 is 5.29. The van der Waals surface area contributed by atoms with Gasteiger partial charge in [0.25, 0.3) is 0 Å². The Bertz CT molecular complexity index is 760. The van der Waals surface area contributed by atoms with Gasteiger partial charge in [-0.1, -0.05) is 32.9 Å². The molecule has 4 heteroatoms. The molecule has 0 saturated heterocycles. The zero-order valence-electron chi connectivity index (χ0n) is 15.4. The minimum atomic E-state index is -0.0883. The van der Waals surface area contributed by atoms with E-state index in [9.17, 15) is 4.79 Å². The first-order valence-electron chi connectivity index (χ1n) is 8.74. The van der Waals surface area contributed by atoms with Gasteiger partial charge in [0.15, 0.2) is 0 Å². The molecule has 1 aliphatic heterocycles. The predicted molar refractivity (Wildman–Crippen MR) is 103 cm³/mol. The molecule has 0 aliphatic carbocycles. The summed E-state index contributed by atoms with van der Waals surface area (Å²) in [6.45, 7) is 7.27. The molecule has 25 heavy (non-hydrogen) atoms. The van der Waals surface area contributed by atoms with Gasteiger partial charge in [0.2, 0.25) is 0 Å². The van der Waals surface area contributed by atoms with Crippen LogP contribution in [0.15, 0.2) is 42.5 Å². The number of methoxy groups -OCH3 is 1. The molecule has 0 saturated carbocycles. The molecule has 0 spiro atoms. The standard InChI is InChI=1S/C21H26N2O2/c1-21(2,3)16-7-9-17(10-8-16)22-20(24)23-13-5-6-15-14-18(25-4)11-12-19(15)23/h7-12,14H,5-6,13H2,1-4H3,(H,22,24). The summed E-state index contributed by atoms with van der Waals surface area (Å²) in [5, 5.41) is 3.02. The molecule has 2 amide bonds. The normalized spacial score (nSPS) is 14.0. The molecule has 0 radical (unpaired) electrons. The van der Waals surface area contributed by atoms with Crippen molar-refractivity contribution in [3.63, 3.8) is 0 Å². The topological polar surface area (TPSA) is 41.6 Å². The number of nitrogens with zero attached hydrogens (tertiary/aromatic N) is 1. The molecular formula is C21H26N2O2. The number of hydrogen-bond acceptors (Lipinski definition) is 2. The molecule has 1 aliphatic rings. The van der Waals surface area contributed by atoms with Crippen LogP contribution in [0.5, 0.6) is 5.75 Å². The Morgan fingerprint density at radius 2 is 1.84 bits per heavy atom. The molecule has 0 unspecified atom stereocenters.